The fraction of sp³-hybridized carbons (Fsp3) is 0.302. The smallest absolute Gasteiger partial charge is 0.657 e. The van der Waals surface area contributed by atoms with Crippen molar-refractivity contribution in [1.29, 1.82) is 0 Å². The predicted molar refractivity (Wildman–Crippen MR) is 395 cm³/mol. The van der Waals surface area contributed by atoms with Gasteiger partial charge in [0.15, 0.2) is 0 Å². The van der Waals surface area contributed by atoms with Crippen LogP contribution in [0.3, 0.4) is 0 Å². The number of aromatic nitrogens is 8. The van der Waals surface area contributed by atoms with E-state index < -0.39 is 0 Å². The van der Waals surface area contributed by atoms with Crippen LogP contribution < -0.4 is 19.4 Å². The summed E-state index contributed by atoms with van der Waals surface area (Å²) in [6.45, 7) is 28.5. The minimum atomic E-state index is -0.328. The molecular weight excluding hydrogens is 1240 g/mol. The molecule has 4 aromatic carbocycles. The van der Waals surface area contributed by atoms with Crippen LogP contribution in [0.5, 0.6) is 11.5 Å². The van der Waals surface area contributed by atoms with Crippen molar-refractivity contribution >= 4 is 46.4 Å². The van der Waals surface area contributed by atoms with E-state index in [1.54, 1.807) is 0 Å². The molecule has 0 saturated carbocycles. The van der Waals surface area contributed by atoms with E-state index in [0.717, 1.165) is 174 Å². The molecule has 18 rings (SSSR count). The van der Waals surface area contributed by atoms with E-state index >= 15 is 0 Å². The Balaban J connectivity index is 0.00000807. The van der Waals surface area contributed by atoms with Gasteiger partial charge in [-0.2, -0.15) is 0 Å². The maximum atomic E-state index is 6.81. The summed E-state index contributed by atoms with van der Waals surface area (Å²) in [5.74, 6) is 1.61. The molecule has 0 aliphatic carbocycles. The van der Waals surface area contributed by atoms with Crippen LogP contribution in [0.25, 0.3) is 90.9 Å². The zero-order valence-corrected chi connectivity index (χ0v) is 59.1. The number of hydrogen-bond acceptors (Lipinski definition) is 4. The van der Waals surface area contributed by atoms with Crippen molar-refractivity contribution in [3.05, 3.63) is 247 Å². The molecule has 0 radical (unpaired) electrons. The van der Waals surface area contributed by atoms with E-state index in [1.165, 1.54) is 56.7 Å². The van der Waals surface area contributed by atoms with Crippen LogP contribution in [0.4, 0.5) is 0 Å². The molecule has 7 aliphatic heterocycles. The van der Waals surface area contributed by atoms with Gasteiger partial charge in [0.2, 0.25) is 0 Å². The number of benzene rings is 4. The summed E-state index contributed by atoms with van der Waals surface area (Å²) in [6.07, 6.45) is 16.3. The van der Waals surface area contributed by atoms with Gasteiger partial charge in [0.05, 0.1) is 36.0 Å². The van der Waals surface area contributed by atoms with Crippen LogP contribution in [0.2, 0.25) is 0 Å². The summed E-state index contributed by atoms with van der Waals surface area (Å²) in [7, 11) is 0. The van der Waals surface area contributed by atoms with E-state index in [1.807, 2.05) is 0 Å². The first kappa shape index (κ1) is 65.0. The van der Waals surface area contributed by atoms with E-state index in [-0.39, 0.29) is 38.2 Å². The average molecular weight is 1320 g/mol. The van der Waals surface area contributed by atoms with Gasteiger partial charge in [-0.15, -0.1) is 22.1 Å². The first-order chi connectivity index (χ1) is 46.2. The van der Waals surface area contributed by atoms with E-state index in [0.29, 0.717) is 13.2 Å². The fourth-order valence-electron chi connectivity index (χ4n) is 16.2. The molecular formula is C86H88N8NiO2. The molecule has 11 aromatic rings. The number of hydrogen-bond donors (Lipinski definition) is 4. The molecule has 10 nitrogen and oxygen atoms in total. The normalized spacial score (nSPS) is 18.4. The Bertz CT molecular complexity index is 4650. The third-order valence-electron chi connectivity index (χ3n) is 21.7. The van der Waals surface area contributed by atoms with Crippen LogP contribution in [0, 0.1) is 41.5 Å². The van der Waals surface area contributed by atoms with Crippen LogP contribution >= 0.6 is 0 Å². The molecule has 11 heteroatoms. The summed E-state index contributed by atoms with van der Waals surface area (Å²) >= 11 is 0. The van der Waals surface area contributed by atoms with Crippen molar-refractivity contribution in [2.75, 3.05) is 13.2 Å². The van der Waals surface area contributed by atoms with Crippen molar-refractivity contribution in [2.24, 2.45) is 0 Å². The van der Waals surface area contributed by atoms with Crippen LogP contribution in [0.15, 0.2) is 146 Å². The van der Waals surface area contributed by atoms with Gasteiger partial charge < -0.3 is 39.4 Å². The summed E-state index contributed by atoms with van der Waals surface area (Å²) in [5, 5.41) is 0. The third-order valence-corrected chi connectivity index (χ3v) is 21.7. The van der Waals surface area contributed by atoms with Crippen LogP contribution in [-0.4, -0.2) is 43.1 Å². The van der Waals surface area contributed by atoms with Gasteiger partial charge in [-0.3, -0.25) is 0 Å². The minimum absolute atomic E-state index is 0. The van der Waals surface area contributed by atoms with Crippen molar-refractivity contribution in [2.45, 2.75) is 156 Å². The van der Waals surface area contributed by atoms with Crippen LogP contribution in [0.1, 0.15) is 195 Å². The number of ether oxygens (including phenoxy) is 2. The Morgan fingerprint density at radius 3 is 0.990 bits per heavy atom. The first-order valence-electron chi connectivity index (χ1n) is 34.7. The van der Waals surface area contributed by atoms with E-state index in [2.05, 4.69) is 273 Å². The SMILES string of the molecule is Cc1cc(C)c(-c2c3nc(c4c5ccc([n-]5)c(-c5c(C)cc(C)cc5C)c5nc(c(c6ccc2[n-]6)-c2cccc(c2)OCCCCCC2(C)c6ccc([nH]6)C(C)(C)c6ccc([nH]6)C(C)(CCCCCOc6cccc-4c6)c4ccc([nH]4)C(C)(C)c4ccc2[nH]4)C=C5)C=C3)c(C)c1.[Ni+2]. The summed E-state index contributed by atoms with van der Waals surface area (Å²) in [6, 6.07) is 53.4. The number of nitrogens with one attached hydrogen (secondary N) is 4. The standard InChI is InChI=1S/C86H88N8O2.Ni/c1-51-45-53(3)77(54(4)46-51)81-65-29-25-61(87-65)79-57-21-19-23-59(49-57)95-43-17-13-15-41-85(11)73-37-33-69(91-73)83(7,8)70-34-38-74(92-70)86(12,76-40-36-72(94-76)84(9,10)71-35-39-75(85)93-71)42-16-14-18-44-96-60-24-20-22-58(50-60)80(62-26-30-66(81)88-62)64-28-32-68(90-64)82(67-31-27-63(79)89-67)78-55(5)47-52(2)48-56(78)6;/h19-40,45-50,91-94H,13-18,41-44H2,1-12H3;/q-2;+2. The Morgan fingerprint density at radius 1 is 0.340 bits per heavy atom. The molecule has 4 N–H and O–H groups in total. The van der Waals surface area contributed by atoms with Gasteiger partial charge in [-0.1, -0.05) is 110 Å². The second-order valence-electron chi connectivity index (χ2n) is 29.3. The summed E-state index contributed by atoms with van der Waals surface area (Å²) < 4.78 is 13.6. The molecule has 14 heterocycles. The number of rotatable bonds is 2. The second-order valence-corrected chi connectivity index (χ2v) is 29.3. The molecule has 0 amide bonds. The summed E-state index contributed by atoms with van der Waals surface area (Å²) in [5.41, 5.74) is 29.9. The summed E-state index contributed by atoms with van der Waals surface area (Å²) in [4.78, 5) is 39.0. The van der Waals surface area contributed by atoms with Crippen molar-refractivity contribution in [3.63, 3.8) is 0 Å². The fourth-order valence-corrected chi connectivity index (χ4v) is 16.2. The van der Waals surface area contributed by atoms with Crippen molar-refractivity contribution < 1.29 is 26.0 Å². The quantitative estimate of drug-likeness (QED) is 0.127. The number of nitrogens with zero attached hydrogens (tertiary/aromatic N) is 4. The number of aromatic amines is 4. The van der Waals surface area contributed by atoms with Crippen molar-refractivity contribution in [1.82, 2.24) is 39.9 Å². The second kappa shape index (κ2) is 25.3. The van der Waals surface area contributed by atoms with Crippen LogP contribution in [-0.2, 0) is 38.2 Å². The molecule has 0 spiro atoms. The first-order valence-corrected chi connectivity index (χ1v) is 34.7. The minimum Gasteiger partial charge on any atom is -0.657 e. The molecule has 0 fully saturated rings. The van der Waals surface area contributed by atoms with Gasteiger partial charge in [0, 0.05) is 67.2 Å². The van der Waals surface area contributed by atoms with Crippen molar-refractivity contribution in [3.8, 4) is 56.0 Å². The monoisotopic (exact) mass is 1320 g/mol. The third kappa shape index (κ3) is 11.7. The largest absolute Gasteiger partial charge is 2.00 e. The number of H-pyrrole nitrogens is 4. The molecule has 0 atom stereocenters. The van der Waals surface area contributed by atoms with E-state index in [4.69, 9.17) is 29.4 Å². The Hall–Kier alpha value is -9.31. The predicted octanol–water partition coefficient (Wildman–Crippen LogP) is 20.9. The molecule has 97 heavy (non-hydrogen) atoms. The van der Waals surface area contributed by atoms with Gasteiger partial charge in [0.1, 0.15) is 11.5 Å². The zero-order valence-electron chi connectivity index (χ0n) is 58.2. The molecule has 0 unspecified atom stereocenters. The average Bonchev–Trinajstić information content (AvgIpc) is 1.60. The molecule has 7 aliphatic rings. The van der Waals surface area contributed by atoms with Gasteiger partial charge >= 0.3 is 16.5 Å². The Morgan fingerprint density at radius 2 is 0.649 bits per heavy atom. The molecule has 7 aromatic heterocycles. The maximum absolute atomic E-state index is 6.81. The Labute approximate surface area is 581 Å². The van der Waals surface area contributed by atoms with Gasteiger partial charge in [-0.05, 0) is 273 Å². The number of aryl methyl sites for hydroxylation is 6. The zero-order chi connectivity index (χ0) is 66.4. The maximum Gasteiger partial charge on any atom is 2.00 e. The molecule has 24 bridgehead atoms. The Kier molecular flexibility index (Phi) is 16.9. The topological polar surface area (TPSA) is 136 Å². The van der Waals surface area contributed by atoms with Gasteiger partial charge in [0.25, 0.3) is 0 Å². The molecule has 494 valence electrons. The molecule has 0 saturated heterocycles. The van der Waals surface area contributed by atoms with Gasteiger partial charge in [-0.25, -0.2) is 9.97 Å². The van der Waals surface area contributed by atoms with E-state index in [9.17, 15) is 0 Å².